The minimum Gasteiger partial charge on any atom is -0.422 e. The Morgan fingerprint density at radius 1 is 1.03 bits per heavy atom. The molecular formula is C24H22N4O3S. The molecule has 0 aliphatic carbocycles. The zero-order valence-corrected chi connectivity index (χ0v) is 18.2. The first kappa shape index (κ1) is 20.4. The Balaban J connectivity index is 1.32. The van der Waals surface area contributed by atoms with Crippen molar-refractivity contribution in [3.63, 3.8) is 0 Å². The molecule has 2 aromatic heterocycles. The fourth-order valence-electron chi connectivity index (χ4n) is 3.90. The number of aromatic nitrogens is 1. The Morgan fingerprint density at radius 2 is 1.75 bits per heavy atom. The third kappa shape index (κ3) is 4.02. The summed E-state index contributed by atoms with van der Waals surface area (Å²) >= 11 is 1.23. The zero-order valence-electron chi connectivity index (χ0n) is 17.4. The molecule has 1 fully saturated rings. The van der Waals surface area contributed by atoms with Gasteiger partial charge in [0.15, 0.2) is 5.13 Å². The number of carbonyl (C=O) groups is 1. The van der Waals surface area contributed by atoms with Crippen LogP contribution in [0.15, 0.2) is 69.9 Å². The minimum atomic E-state index is -0.669. The first-order valence-electron chi connectivity index (χ1n) is 10.4. The second kappa shape index (κ2) is 8.57. The Bertz CT molecular complexity index is 1320. The summed E-state index contributed by atoms with van der Waals surface area (Å²) in [5, 5.41) is 1.39. The van der Waals surface area contributed by atoms with Gasteiger partial charge in [0.25, 0.3) is 0 Å². The second-order valence-corrected chi connectivity index (χ2v) is 8.75. The Kier molecular flexibility index (Phi) is 5.46. The minimum absolute atomic E-state index is 0.0294. The number of ketones is 1. The van der Waals surface area contributed by atoms with Gasteiger partial charge >= 0.3 is 5.63 Å². The first-order chi connectivity index (χ1) is 15.6. The van der Waals surface area contributed by atoms with Crippen molar-refractivity contribution >= 4 is 39.0 Å². The molecule has 5 rings (SSSR count). The van der Waals surface area contributed by atoms with Crippen LogP contribution in [0.2, 0.25) is 0 Å². The number of hydrogen-bond donors (Lipinski definition) is 1. The maximum absolute atomic E-state index is 13.1. The van der Waals surface area contributed by atoms with Crippen molar-refractivity contribution in [2.75, 3.05) is 36.8 Å². The monoisotopic (exact) mass is 446 g/mol. The van der Waals surface area contributed by atoms with Crippen LogP contribution in [0.5, 0.6) is 0 Å². The highest BCUT2D eigenvalue weighted by atomic mass is 32.1. The van der Waals surface area contributed by atoms with Gasteiger partial charge in [0.05, 0.1) is 0 Å². The van der Waals surface area contributed by atoms with Gasteiger partial charge < -0.3 is 15.1 Å². The highest BCUT2D eigenvalue weighted by Crippen LogP contribution is 2.31. The molecule has 0 saturated carbocycles. The van der Waals surface area contributed by atoms with Crippen molar-refractivity contribution in [3.05, 3.63) is 87.1 Å². The maximum Gasteiger partial charge on any atom is 0.347 e. The van der Waals surface area contributed by atoms with E-state index < -0.39 is 11.4 Å². The van der Waals surface area contributed by atoms with E-state index in [2.05, 4.69) is 39.0 Å². The Morgan fingerprint density at radius 3 is 2.53 bits per heavy atom. The molecule has 32 heavy (non-hydrogen) atoms. The zero-order chi connectivity index (χ0) is 22.1. The number of nitrogens with zero attached hydrogens (tertiary/aromatic N) is 3. The Hall–Kier alpha value is -3.49. The Labute approximate surface area is 188 Å². The summed E-state index contributed by atoms with van der Waals surface area (Å²) in [7, 11) is 0. The van der Waals surface area contributed by atoms with E-state index in [1.165, 1.54) is 16.9 Å². The van der Waals surface area contributed by atoms with E-state index in [1.54, 1.807) is 24.3 Å². The van der Waals surface area contributed by atoms with Gasteiger partial charge in [-0.05, 0) is 17.7 Å². The summed E-state index contributed by atoms with van der Waals surface area (Å²) in [6.45, 7) is 4.30. The van der Waals surface area contributed by atoms with Gasteiger partial charge in [-0.2, -0.15) is 0 Å². The van der Waals surface area contributed by atoms with Gasteiger partial charge in [-0.1, -0.05) is 59.9 Å². The summed E-state index contributed by atoms with van der Waals surface area (Å²) in [6.07, 6.45) is 0. The molecule has 1 aliphatic rings. The number of para-hydroxylation sites is 1. The van der Waals surface area contributed by atoms with Gasteiger partial charge in [-0.25, -0.2) is 9.78 Å². The van der Waals surface area contributed by atoms with Crippen molar-refractivity contribution in [1.29, 1.82) is 0 Å². The molecule has 1 saturated heterocycles. The van der Waals surface area contributed by atoms with Crippen LogP contribution in [0.1, 0.15) is 20.8 Å². The molecule has 8 heteroatoms. The van der Waals surface area contributed by atoms with E-state index in [0.29, 0.717) is 16.1 Å². The largest absolute Gasteiger partial charge is 0.422 e. The number of fused-ring (bicyclic) bond motifs is 1. The van der Waals surface area contributed by atoms with Crippen molar-refractivity contribution in [2.45, 2.75) is 6.54 Å². The van der Waals surface area contributed by atoms with E-state index in [1.807, 2.05) is 12.1 Å². The maximum atomic E-state index is 13.1. The van der Waals surface area contributed by atoms with Gasteiger partial charge in [0.1, 0.15) is 21.8 Å². The number of rotatable bonds is 5. The smallest absolute Gasteiger partial charge is 0.347 e. The second-order valence-electron chi connectivity index (χ2n) is 7.77. The molecule has 0 spiro atoms. The van der Waals surface area contributed by atoms with Crippen LogP contribution in [0.25, 0.3) is 11.0 Å². The summed E-state index contributed by atoms with van der Waals surface area (Å²) in [5.74, 6) is -0.303. The normalized spacial score (nSPS) is 14.7. The average molecular weight is 447 g/mol. The van der Waals surface area contributed by atoms with Crippen LogP contribution in [0.3, 0.4) is 0 Å². The topological polar surface area (TPSA) is 92.7 Å². The molecule has 7 nitrogen and oxygen atoms in total. The number of nitrogen functional groups attached to an aromatic ring is 1. The van der Waals surface area contributed by atoms with E-state index in [-0.39, 0.29) is 16.3 Å². The molecule has 2 N–H and O–H groups in total. The molecule has 0 bridgehead atoms. The highest BCUT2D eigenvalue weighted by molar-refractivity contribution is 7.18. The van der Waals surface area contributed by atoms with Gasteiger partial charge in [-0.15, -0.1) is 0 Å². The van der Waals surface area contributed by atoms with Gasteiger partial charge in [0.2, 0.25) is 5.78 Å². The van der Waals surface area contributed by atoms with Crippen LogP contribution in [-0.4, -0.2) is 41.8 Å². The number of anilines is 2. The predicted molar refractivity (Wildman–Crippen MR) is 126 cm³/mol. The van der Waals surface area contributed by atoms with Crippen LogP contribution < -0.4 is 16.3 Å². The standard InChI is InChI=1S/C24H22N4O3S/c25-22-21(20(29)18-14-17-8-4-5-9-19(17)31-23(18)30)32-24(26-22)28-12-10-27(11-13-28)15-16-6-2-1-3-7-16/h1-9,14H,10-13,15,25H2. The average Bonchev–Trinajstić information content (AvgIpc) is 3.21. The molecule has 0 amide bonds. The summed E-state index contributed by atoms with van der Waals surface area (Å²) in [4.78, 5) is 34.7. The molecule has 162 valence electrons. The van der Waals surface area contributed by atoms with Crippen molar-refractivity contribution < 1.29 is 9.21 Å². The molecule has 4 aromatic rings. The molecule has 2 aromatic carbocycles. The van der Waals surface area contributed by atoms with Crippen LogP contribution in [0, 0.1) is 0 Å². The molecule has 0 unspecified atom stereocenters. The van der Waals surface area contributed by atoms with Crippen molar-refractivity contribution in [2.24, 2.45) is 0 Å². The predicted octanol–water partition coefficient (Wildman–Crippen LogP) is 3.38. The van der Waals surface area contributed by atoms with E-state index in [4.69, 9.17) is 10.2 Å². The highest BCUT2D eigenvalue weighted by Gasteiger charge is 2.25. The SMILES string of the molecule is Nc1nc(N2CCN(Cc3ccccc3)CC2)sc1C(=O)c1cc2ccccc2oc1=O. The molecule has 0 radical (unpaired) electrons. The molecular weight excluding hydrogens is 424 g/mol. The van der Waals surface area contributed by atoms with Gasteiger partial charge in [0, 0.05) is 38.1 Å². The fourth-order valence-corrected chi connectivity index (χ4v) is 4.89. The van der Waals surface area contributed by atoms with Crippen LogP contribution in [0.4, 0.5) is 10.9 Å². The van der Waals surface area contributed by atoms with Crippen LogP contribution >= 0.6 is 11.3 Å². The lowest BCUT2D eigenvalue weighted by Crippen LogP contribution is -2.45. The van der Waals surface area contributed by atoms with Crippen molar-refractivity contribution in [1.82, 2.24) is 9.88 Å². The molecule has 3 heterocycles. The van der Waals surface area contributed by atoms with Crippen LogP contribution in [-0.2, 0) is 6.54 Å². The number of carbonyl (C=O) groups excluding carboxylic acids is 1. The third-order valence-electron chi connectivity index (χ3n) is 5.63. The lowest BCUT2D eigenvalue weighted by atomic mass is 10.1. The first-order valence-corrected chi connectivity index (χ1v) is 11.3. The number of thiazole rings is 1. The number of nitrogens with two attached hydrogens (primary N) is 1. The van der Waals surface area contributed by atoms with E-state index >= 15 is 0 Å². The molecule has 0 atom stereocenters. The summed E-state index contributed by atoms with van der Waals surface area (Å²) in [6, 6.07) is 19.1. The lowest BCUT2D eigenvalue weighted by Gasteiger charge is -2.34. The van der Waals surface area contributed by atoms with E-state index in [9.17, 15) is 9.59 Å². The van der Waals surface area contributed by atoms with E-state index in [0.717, 1.165) is 32.7 Å². The van der Waals surface area contributed by atoms with Gasteiger partial charge in [-0.3, -0.25) is 9.69 Å². The lowest BCUT2D eigenvalue weighted by molar-refractivity contribution is 0.104. The number of hydrogen-bond acceptors (Lipinski definition) is 8. The summed E-state index contributed by atoms with van der Waals surface area (Å²) in [5.41, 5.74) is 7.13. The summed E-state index contributed by atoms with van der Waals surface area (Å²) < 4.78 is 5.31. The quantitative estimate of drug-likeness (QED) is 0.371. The number of piperazine rings is 1. The van der Waals surface area contributed by atoms with Crippen molar-refractivity contribution in [3.8, 4) is 0 Å². The fraction of sp³-hybridized carbons (Fsp3) is 0.208. The number of benzene rings is 2. The third-order valence-corrected chi connectivity index (χ3v) is 6.76. The molecule has 1 aliphatic heterocycles.